The third-order valence-electron chi connectivity index (χ3n) is 2.94. The molecule has 1 aromatic carbocycles. The van der Waals surface area contributed by atoms with Crippen molar-refractivity contribution < 1.29 is 9.94 Å². The summed E-state index contributed by atoms with van der Waals surface area (Å²) in [5.41, 5.74) is 7.31. The van der Waals surface area contributed by atoms with Gasteiger partial charge in [0.15, 0.2) is 5.84 Å². The molecule has 4 N–H and O–H groups in total. The highest BCUT2D eigenvalue weighted by Crippen LogP contribution is 2.19. The van der Waals surface area contributed by atoms with E-state index in [1.165, 1.54) is 0 Å². The molecule has 0 saturated heterocycles. The SMILES string of the molecule is COc1ccc(CNCCCN(C)C)cc1C(N)=NO. The molecule has 0 aliphatic heterocycles. The lowest BCUT2D eigenvalue weighted by Crippen LogP contribution is -2.21. The Balaban J connectivity index is 2.59. The molecule has 112 valence electrons. The van der Waals surface area contributed by atoms with Gasteiger partial charge in [-0.25, -0.2) is 0 Å². The van der Waals surface area contributed by atoms with Crippen LogP contribution in [0.3, 0.4) is 0 Å². The van der Waals surface area contributed by atoms with Gasteiger partial charge in [0.2, 0.25) is 0 Å². The van der Waals surface area contributed by atoms with Gasteiger partial charge in [0.1, 0.15) is 5.75 Å². The molecule has 0 saturated carbocycles. The average molecular weight is 280 g/mol. The summed E-state index contributed by atoms with van der Waals surface area (Å²) in [6.45, 7) is 2.75. The summed E-state index contributed by atoms with van der Waals surface area (Å²) in [6, 6.07) is 5.66. The third-order valence-corrected chi connectivity index (χ3v) is 2.94. The number of nitrogens with two attached hydrogens (primary N) is 1. The molecule has 0 amide bonds. The van der Waals surface area contributed by atoms with E-state index < -0.39 is 0 Å². The first-order chi connectivity index (χ1) is 9.58. The van der Waals surface area contributed by atoms with E-state index in [2.05, 4.69) is 29.5 Å². The number of nitrogens with one attached hydrogen (secondary N) is 1. The van der Waals surface area contributed by atoms with E-state index in [0.29, 0.717) is 11.3 Å². The van der Waals surface area contributed by atoms with Crippen LogP contribution in [-0.4, -0.2) is 50.2 Å². The fourth-order valence-electron chi connectivity index (χ4n) is 1.87. The summed E-state index contributed by atoms with van der Waals surface area (Å²) in [5.74, 6) is 0.646. The summed E-state index contributed by atoms with van der Waals surface area (Å²) in [5, 5.41) is 15.2. The Morgan fingerprint density at radius 3 is 2.80 bits per heavy atom. The number of nitrogens with zero attached hydrogens (tertiary/aromatic N) is 2. The maximum Gasteiger partial charge on any atom is 0.173 e. The van der Waals surface area contributed by atoms with Crippen molar-refractivity contribution in [3.8, 4) is 5.75 Å². The number of methoxy groups -OCH3 is 1. The molecular weight excluding hydrogens is 256 g/mol. The Labute approximate surface area is 120 Å². The largest absolute Gasteiger partial charge is 0.496 e. The average Bonchev–Trinajstić information content (AvgIpc) is 2.45. The lowest BCUT2D eigenvalue weighted by molar-refractivity contribution is 0.318. The Kier molecular flexibility index (Phi) is 6.83. The maximum atomic E-state index is 8.78. The zero-order valence-corrected chi connectivity index (χ0v) is 12.4. The Morgan fingerprint density at radius 1 is 1.45 bits per heavy atom. The number of amidine groups is 1. The van der Waals surface area contributed by atoms with Crippen molar-refractivity contribution in [3.05, 3.63) is 29.3 Å². The summed E-state index contributed by atoms with van der Waals surface area (Å²) >= 11 is 0. The lowest BCUT2D eigenvalue weighted by Gasteiger charge is -2.12. The monoisotopic (exact) mass is 280 g/mol. The van der Waals surface area contributed by atoms with Crippen LogP contribution >= 0.6 is 0 Å². The van der Waals surface area contributed by atoms with Crippen LogP contribution in [0.15, 0.2) is 23.4 Å². The molecule has 0 heterocycles. The first-order valence-electron chi connectivity index (χ1n) is 6.58. The molecule has 1 rings (SSSR count). The van der Waals surface area contributed by atoms with Gasteiger partial charge in [0, 0.05) is 6.54 Å². The molecule has 0 aromatic heterocycles. The Hall–Kier alpha value is -1.79. The summed E-state index contributed by atoms with van der Waals surface area (Å²) < 4.78 is 5.19. The fourth-order valence-corrected chi connectivity index (χ4v) is 1.87. The van der Waals surface area contributed by atoms with Gasteiger partial charge in [-0.15, -0.1) is 0 Å². The van der Waals surface area contributed by atoms with Gasteiger partial charge in [-0.1, -0.05) is 11.2 Å². The molecule has 0 bridgehead atoms. The highest BCUT2D eigenvalue weighted by molar-refractivity contribution is 5.99. The zero-order valence-electron chi connectivity index (χ0n) is 12.4. The van der Waals surface area contributed by atoms with Crippen LogP contribution in [-0.2, 0) is 6.54 Å². The molecule has 0 aliphatic rings. The van der Waals surface area contributed by atoms with Crippen LogP contribution in [0.5, 0.6) is 5.75 Å². The van der Waals surface area contributed by atoms with E-state index in [1.807, 2.05) is 18.2 Å². The Bertz CT molecular complexity index is 447. The predicted octanol–water partition coefficient (Wildman–Crippen LogP) is 0.831. The molecule has 0 spiro atoms. The zero-order chi connectivity index (χ0) is 15.0. The summed E-state index contributed by atoms with van der Waals surface area (Å²) in [7, 11) is 5.68. The van der Waals surface area contributed by atoms with E-state index in [0.717, 1.165) is 31.6 Å². The first-order valence-corrected chi connectivity index (χ1v) is 6.58. The topological polar surface area (TPSA) is 83.1 Å². The molecular formula is C14H24N4O2. The van der Waals surface area contributed by atoms with Crippen molar-refractivity contribution in [1.29, 1.82) is 0 Å². The van der Waals surface area contributed by atoms with Crippen molar-refractivity contribution in [1.82, 2.24) is 10.2 Å². The minimum Gasteiger partial charge on any atom is -0.496 e. The molecule has 0 atom stereocenters. The maximum absolute atomic E-state index is 8.78. The van der Waals surface area contributed by atoms with Crippen LogP contribution in [0.2, 0.25) is 0 Å². The highest BCUT2D eigenvalue weighted by Gasteiger charge is 2.08. The van der Waals surface area contributed by atoms with E-state index >= 15 is 0 Å². The smallest absolute Gasteiger partial charge is 0.173 e. The number of oxime groups is 1. The summed E-state index contributed by atoms with van der Waals surface area (Å²) in [4.78, 5) is 2.16. The molecule has 6 heteroatoms. The van der Waals surface area contributed by atoms with Crippen molar-refractivity contribution in [2.75, 3.05) is 34.3 Å². The molecule has 0 unspecified atom stereocenters. The standard InChI is InChI=1S/C14H24N4O2/c1-18(2)8-4-7-16-10-11-5-6-13(20-3)12(9-11)14(15)17-19/h5-6,9,16,19H,4,7-8,10H2,1-3H3,(H2,15,17). The summed E-state index contributed by atoms with van der Waals surface area (Å²) in [6.07, 6.45) is 1.09. The van der Waals surface area contributed by atoms with E-state index in [1.54, 1.807) is 7.11 Å². The van der Waals surface area contributed by atoms with E-state index in [-0.39, 0.29) is 5.84 Å². The van der Waals surface area contributed by atoms with Gasteiger partial charge in [-0.2, -0.15) is 0 Å². The molecule has 20 heavy (non-hydrogen) atoms. The van der Waals surface area contributed by atoms with Crippen LogP contribution in [0, 0.1) is 0 Å². The molecule has 0 fully saturated rings. The van der Waals surface area contributed by atoms with Gasteiger partial charge < -0.3 is 25.9 Å². The van der Waals surface area contributed by atoms with E-state index in [9.17, 15) is 0 Å². The second-order valence-electron chi connectivity index (χ2n) is 4.85. The molecule has 0 radical (unpaired) electrons. The number of benzene rings is 1. The van der Waals surface area contributed by atoms with Gasteiger partial charge >= 0.3 is 0 Å². The minimum atomic E-state index is 0.0521. The van der Waals surface area contributed by atoms with Crippen molar-refractivity contribution >= 4 is 5.84 Å². The van der Waals surface area contributed by atoms with Crippen molar-refractivity contribution in [2.24, 2.45) is 10.9 Å². The molecule has 6 nitrogen and oxygen atoms in total. The second-order valence-corrected chi connectivity index (χ2v) is 4.85. The van der Waals surface area contributed by atoms with Crippen LogP contribution in [0.25, 0.3) is 0 Å². The van der Waals surface area contributed by atoms with Crippen LogP contribution in [0.4, 0.5) is 0 Å². The number of ether oxygens (including phenoxy) is 1. The highest BCUT2D eigenvalue weighted by atomic mass is 16.5. The first kappa shape index (κ1) is 16.3. The molecule has 0 aliphatic carbocycles. The molecule has 1 aromatic rings. The number of rotatable bonds is 8. The predicted molar refractivity (Wildman–Crippen MR) is 80.4 cm³/mol. The van der Waals surface area contributed by atoms with Gasteiger partial charge in [0.25, 0.3) is 0 Å². The van der Waals surface area contributed by atoms with Crippen LogP contribution in [0.1, 0.15) is 17.5 Å². The minimum absolute atomic E-state index is 0.0521. The van der Waals surface area contributed by atoms with Gasteiger partial charge in [-0.3, -0.25) is 0 Å². The van der Waals surface area contributed by atoms with Crippen LogP contribution < -0.4 is 15.8 Å². The van der Waals surface area contributed by atoms with Crippen molar-refractivity contribution in [3.63, 3.8) is 0 Å². The fraction of sp³-hybridized carbons (Fsp3) is 0.500. The third kappa shape index (κ3) is 5.07. The second kappa shape index (κ2) is 8.39. The normalized spacial score (nSPS) is 11.9. The van der Waals surface area contributed by atoms with Gasteiger partial charge in [-0.05, 0) is 51.3 Å². The Morgan fingerprint density at radius 2 is 2.20 bits per heavy atom. The van der Waals surface area contributed by atoms with E-state index in [4.69, 9.17) is 15.7 Å². The number of hydrogen-bond acceptors (Lipinski definition) is 5. The quantitative estimate of drug-likeness (QED) is 0.216. The van der Waals surface area contributed by atoms with Crippen molar-refractivity contribution in [2.45, 2.75) is 13.0 Å². The van der Waals surface area contributed by atoms with Gasteiger partial charge in [0.05, 0.1) is 12.7 Å². The number of hydrogen-bond donors (Lipinski definition) is 3. The lowest BCUT2D eigenvalue weighted by atomic mass is 10.1.